The predicted molar refractivity (Wildman–Crippen MR) is 137 cm³/mol. The van der Waals surface area contributed by atoms with Crippen molar-refractivity contribution in [2.24, 2.45) is 0 Å². The first kappa shape index (κ1) is 19.5. The normalized spacial score (nSPS) is 11.4. The summed E-state index contributed by atoms with van der Waals surface area (Å²) in [5, 5.41) is 4.39. The van der Waals surface area contributed by atoms with E-state index in [0.29, 0.717) is 0 Å². The largest absolute Gasteiger partial charge is 0.143 e. The molecule has 146 valence electrons. The van der Waals surface area contributed by atoms with E-state index in [2.05, 4.69) is 74.9 Å². The molecule has 29 heavy (non-hydrogen) atoms. The van der Waals surface area contributed by atoms with Crippen molar-refractivity contribution in [3.63, 3.8) is 0 Å². The summed E-state index contributed by atoms with van der Waals surface area (Å²) in [5.74, 6) is 0. The Labute approximate surface area is 191 Å². The van der Waals surface area contributed by atoms with Gasteiger partial charge in [0.25, 0.3) is 0 Å². The van der Waals surface area contributed by atoms with Crippen LogP contribution in [0, 0.1) is 27.7 Å². The lowest BCUT2D eigenvalue weighted by Gasteiger charge is -1.97. The average molecular weight is 469 g/mol. The SMILES string of the molecule is Cc1ccsc1-c1sc(-c2ccc(-c3cc(C)c(-c4sccc4C)s3)s2)cc1C. The van der Waals surface area contributed by atoms with Crippen LogP contribution in [0.5, 0.6) is 0 Å². The van der Waals surface area contributed by atoms with Crippen LogP contribution in [-0.4, -0.2) is 0 Å². The minimum atomic E-state index is 1.37. The average Bonchev–Trinajstić information content (AvgIpc) is 3.47. The van der Waals surface area contributed by atoms with E-state index in [-0.39, 0.29) is 0 Å². The summed E-state index contributed by atoms with van der Waals surface area (Å²) in [6.45, 7) is 8.89. The van der Waals surface area contributed by atoms with Crippen LogP contribution < -0.4 is 0 Å². The minimum Gasteiger partial charge on any atom is -0.143 e. The highest BCUT2D eigenvalue weighted by molar-refractivity contribution is 7.29. The molecule has 5 heteroatoms. The summed E-state index contributed by atoms with van der Waals surface area (Å²) in [7, 11) is 0. The lowest BCUT2D eigenvalue weighted by atomic mass is 10.2. The number of rotatable bonds is 4. The molecular formula is C24H20S5. The molecule has 0 radical (unpaired) electrons. The van der Waals surface area contributed by atoms with E-state index < -0.39 is 0 Å². The Bertz CT molecular complexity index is 1200. The van der Waals surface area contributed by atoms with Crippen LogP contribution >= 0.6 is 56.7 Å². The molecule has 5 rings (SSSR count). The van der Waals surface area contributed by atoms with Gasteiger partial charge >= 0.3 is 0 Å². The lowest BCUT2D eigenvalue weighted by molar-refractivity contribution is 1.51. The summed E-state index contributed by atoms with van der Waals surface area (Å²) in [4.78, 5) is 11.2. The van der Waals surface area contributed by atoms with Gasteiger partial charge in [-0.2, -0.15) is 0 Å². The molecule has 0 fully saturated rings. The zero-order chi connectivity index (χ0) is 20.1. The molecule has 0 aromatic carbocycles. The monoisotopic (exact) mass is 468 g/mol. The van der Waals surface area contributed by atoms with Crippen molar-refractivity contribution < 1.29 is 0 Å². The van der Waals surface area contributed by atoms with E-state index in [9.17, 15) is 0 Å². The Hall–Kier alpha value is -1.50. The Morgan fingerprint density at radius 2 is 0.897 bits per heavy atom. The number of aryl methyl sites for hydroxylation is 4. The summed E-state index contributed by atoms with van der Waals surface area (Å²) < 4.78 is 0. The Kier molecular flexibility index (Phi) is 5.13. The topological polar surface area (TPSA) is 0 Å². The molecule has 0 amide bonds. The zero-order valence-electron chi connectivity index (χ0n) is 16.7. The summed E-state index contributed by atoms with van der Waals surface area (Å²) in [6.07, 6.45) is 0. The highest BCUT2D eigenvalue weighted by Crippen LogP contribution is 2.47. The van der Waals surface area contributed by atoms with Gasteiger partial charge in [0.1, 0.15) is 0 Å². The Balaban J connectivity index is 1.50. The van der Waals surface area contributed by atoms with Gasteiger partial charge in [0, 0.05) is 39.0 Å². The predicted octanol–water partition coefficient (Wildman–Crippen LogP) is 9.90. The summed E-state index contributed by atoms with van der Waals surface area (Å²) in [6, 6.07) is 13.7. The highest BCUT2D eigenvalue weighted by Gasteiger charge is 2.16. The molecule has 5 heterocycles. The van der Waals surface area contributed by atoms with Crippen molar-refractivity contribution in [1.82, 2.24) is 0 Å². The van der Waals surface area contributed by atoms with Gasteiger partial charge in [-0.05, 0) is 97.1 Å². The zero-order valence-corrected chi connectivity index (χ0v) is 20.7. The smallest absolute Gasteiger partial charge is 0.0481 e. The Morgan fingerprint density at radius 3 is 1.28 bits per heavy atom. The quantitative estimate of drug-likeness (QED) is 0.246. The third kappa shape index (κ3) is 3.49. The molecule has 0 aliphatic rings. The van der Waals surface area contributed by atoms with E-state index >= 15 is 0 Å². The van der Waals surface area contributed by atoms with Crippen LogP contribution in [0.3, 0.4) is 0 Å². The van der Waals surface area contributed by atoms with Crippen LogP contribution in [0.25, 0.3) is 39.0 Å². The fraction of sp³-hybridized carbons (Fsp3) is 0.167. The standard InChI is InChI=1S/C24H20S5/c1-13-7-9-25-21(13)23-15(3)11-19(28-23)17-5-6-18(27-17)20-12-16(4)24(29-20)22-14(2)8-10-26-22/h5-12H,1-4H3. The van der Waals surface area contributed by atoms with Gasteiger partial charge < -0.3 is 0 Å². The van der Waals surface area contributed by atoms with Crippen molar-refractivity contribution in [1.29, 1.82) is 0 Å². The van der Waals surface area contributed by atoms with Crippen molar-refractivity contribution in [2.75, 3.05) is 0 Å². The maximum absolute atomic E-state index is 2.36. The van der Waals surface area contributed by atoms with Crippen molar-refractivity contribution >= 4 is 56.7 Å². The first-order valence-corrected chi connectivity index (χ1v) is 13.6. The molecular weight excluding hydrogens is 449 g/mol. The van der Waals surface area contributed by atoms with Crippen molar-refractivity contribution in [3.8, 4) is 39.0 Å². The first-order chi connectivity index (χ1) is 14.0. The van der Waals surface area contributed by atoms with Crippen molar-refractivity contribution in [2.45, 2.75) is 27.7 Å². The van der Waals surface area contributed by atoms with Gasteiger partial charge in [0.15, 0.2) is 0 Å². The van der Waals surface area contributed by atoms with E-state index in [1.165, 1.54) is 61.3 Å². The molecule has 0 aliphatic carbocycles. The second kappa shape index (κ2) is 7.64. The molecule has 0 saturated heterocycles. The van der Waals surface area contributed by atoms with Gasteiger partial charge in [-0.1, -0.05) is 0 Å². The molecule has 0 atom stereocenters. The van der Waals surface area contributed by atoms with Crippen LogP contribution in [0.1, 0.15) is 22.3 Å². The first-order valence-electron chi connectivity index (χ1n) is 9.41. The molecule has 0 aliphatic heterocycles. The van der Waals surface area contributed by atoms with Crippen molar-refractivity contribution in [3.05, 3.63) is 69.4 Å². The Morgan fingerprint density at radius 1 is 0.448 bits per heavy atom. The van der Waals surface area contributed by atoms with Crippen LogP contribution in [0.2, 0.25) is 0 Å². The molecule has 5 aromatic rings. The van der Waals surface area contributed by atoms with Gasteiger partial charge in [0.2, 0.25) is 0 Å². The molecule has 0 spiro atoms. The summed E-state index contributed by atoms with van der Waals surface area (Å²) >= 11 is 9.46. The van der Waals surface area contributed by atoms with Gasteiger partial charge in [-0.3, -0.25) is 0 Å². The third-order valence-corrected chi connectivity index (χ3v) is 11.4. The second-order valence-electron chi connectivity index (χ2n) is 7.27. The van der Waals surface area contributed by atoms with E-state index in [1.807, 2.05) is 56.7 Å². The molecule has 0 saturated carbocycles. The van der Waals surface area contributed by atoms with Crippen LogP contribution in [-0.2, 0) is 0 Å². The van der Waals surface area contributed by atoms with Crippen LogP contribution in [0.15, 0.2) is 47.2 Å². The molecule has 5 aromatic heterocycles. The maximum Gasteiger partial charge on any atom is 0.0481 e. The number of hydrogen-bond acceptors (Lipinski definition) is 5. The fourth-order valence-corrected chi connectivity index (χ4v) is 9.39. The minimum absolute atomic E-state index is 1.37. The van der Waals surface area contributed by atoms with E-state index in [1.54, 1.807) is 0 Å². The third-order valence-electron chi connectivity index (χ3n) is 5.06. The number of thiophene rings is 5. The maximum atomic E-state index is 2.36. The molecule has 0 N–H and O–H groups in total. The van der Waals surface area contributed by atoms with Gasteiger partial charge in [-0.25, -0.2) is 0 Å². The van der Waals surface area contributed by atoms with Crippen LogP contribution in [0.4, 0.5) is 0 Å². The molecule has 0 bridgehead atoms. The lowest BCUT2D eigenvalue weighted by Crippen LogP contribution is -1.72. The number of hydrogen-bond donors (Lipinski definition) is 0. The van der Waals surface area contributed by atoms with E-state index in [0.717, 1.165) is 0 Å². The molecule has 0 nitrogen and oxygen atoms in total. The highest BCUT2D eigenvalue weighted by atomic mass is 32.1. The fourth-order valence-electron chi connectivity index (χ4n) is 3.47. The molecule has 0 unspecified atom stereocenters. The van der Waals surface area contributed by atoms with E-state index in [4.69, 9.17) is 0 Å². The second-order valence-corrected chi connectivity index (χ2v) is 12.3. The van der Waals surface area contributed by atoms with Gasteiger partial charge in [0.05, 0.1) is 0 Å². The summed E-state index contributed by atoms with van der Waals surface area (Å²) in [5.41, 5.74) is 5.52. The van der Waals surface area contributed by atoms with Gasteiger partial charge in [-0.15, -0.1) is 56.7 Å².